The molecule has 0 saturated carbocycles. The smallest absolute Gasteiger partial charge is 0.265 e. The van der Waals surface area contributed by atoms with Gasteiger partial charge in [-0.1, -0.05) is 0 Å². The number of aromatic amines is 1. The van der Waals surface area contributed by atoms with Crippen LogP contribution in [0.1, 0.15) is 39.1 Å². The van der Waals surface area contributed by atoms with Gasteiger partial charge < -0.3 is 14.4 Å². The molecule has 0 aliphatic carbocycles. The van der Waals surface area contributed by atoms with E-state index in [4.69, 9.17) is 9.47 Å². The van der Waals surface area contributed by atoms with Crippen LogP contribution in [0.4, 0.5) is 0 Å². The molecule has 152 valence electrons. The minimum Gasteiger partial charge on any atom is -0.497 e. The number of H-pyrrole nitrogens is 1. The highest BCUT2D eigenvalue weighted by Gasteiger charge is 2.30. The first-order valence-corrected chi connectivity index (χ1v) is 10.5. The molecule has 3 heterocycles. The van der Waals surface area contributed by atoms with Gasteiger partial charge in [-0.25, -0.2) is 4.98 Å². The maximum Gasteiger partial charge on any atom is 0.265 e. The maximum absolute atomic E-state index is 12.7. The van der Waals surface area contributed by atoms with Crippen LogP contribution in [0.15, 0.2) is 35.8 Å². The Morgan fingerprint density at radius 2 is 2.10 bits per heavy atom. The summed E-state index contributed by atoms with van der Waals surface area (Å²) in [5.41, 5.74) is 4.59. The Morgan fingerprint density at radius 3 is 2.83 bits per heavy atom. The van der Waals surface area contributed by atoms with Crippen molar-refractivity contribution in [2.45, 2.75) is 25.7 Å². The van der Waals surface area contributed by atoms with Gasteiger partial charge in [0.25, 0.3) is 5.91 Å². The first-order chi connectivity index (χ1) is 14.1. The number of hydrogen-bond acceptors (Lipinski definition) is 6. The van der Waals surface area contributed by atoms with Crippen molar-refractivity contribution in [3.05, 3.63) is 57.8 Å². The molecule has 1 aliphatic heterocycles. The fraction of sp³-hybridized carbons (Fsp3) is 0.381. The van der Waals surface area contributed by atoms with Gasteiger partial charge in [0, 0.05) is 31.1 Å². The number of carbonyl (C=O) groups is 1. The Bertz CT molecular complexity index is 966. The zero-order valence-electron chi connectivity index (χ0n) is 16.6. The molecule has 29 heavy (non-hydrogen) atoms. The monoisotopic (exact) mass is 412 g/mol. The first kappa shape index (κ1) is 19.4. The first-order valence-electron chi connectivity index (χ1n) is 9.64. The molecule has 1 atom stereocenters. The minimum absolute atomic E-state index is 0.0798. The number of ether oxygens (including phenoxy) is 2. The molecule has 0 unspecified atom stereocenters. The zero-order chi connectivity index (χ0) is 20.2. The maximum atomic E-state index is 12.7. The fourth-order valence-corrected chi connectivity index (χ4v) is 4.27. The van der Waals surface area contributed by atoms with Gasteiger partial charge in [-0.3, -0.25) is 9.89 Å². The second-order valence-electron chi connectivity index (χ2n) is 7.10. The number of rotatable bonds is 7. The second kappa shape index (κ2) is 8.65. The average molecular weight is 413 g/mol. The van der Waals surface area contributed by atoms with Gasteiger partial charge >= 0.3 is 0 Å². The molecule has 1 N–H and O–H groups in total. The molecule has 8 heteroatoms. The molecule has 1 amide bonds. The molecule has 7 nitrogen and oxygen atoms in total. The largest absolute Gasteiger partial charge is 0.497 e. The summed E-state index contributed by atoms with van der Waals surface area (Å²) in [7, 11) is 1.64. The third kappa shape index (κ3) is 4.42. The van der Waals surface area contributed by atoms with Crippen molar-refractivity contribution in [2.75, 3.05) is 26.8 Å². The van der Waals surface area contributed by atoms with Crippen molar-refractivity contribution >= 4 is 17.2 Å². The molecule has 0 radical (unpaired) electrons. The van der Waals surface area contributed by atoms with E-state index in [1.165, 1.54) is 11.3 Å². The number of benzene rings is 1. The van der Waals surface area contributed by atoms with E-state index in [9.17, 15) is 4.79 Å². The van der Waals surface area contributed by atoms with E-state index in [1.54, 1.807) is 12.6 Å². The zero-order valence-corrected chi connectivity index (χ0v) is 17.4. The molecule has 1 saturated heterocycles. The van der Waals surface area contributed by atoms with E-state index in [2.05, 4.69) is 21.2 Å². The number of methoxy groups -OCH3 is 1. The number of thiazole rings is 1. The van der Waals surface area contributed by atoms with E-state index in [1.807, 2.05) is 36.1 Å². The summed E-state index contributed by atoms with van der Waals surface area (Å²) in [6, 6.07) is 9.64. The highest BCUT2D eigenvalue weighted by Crippen LogP contribution is 2.28. The van der Waals surface area contributed by atoms with Gasteiger partial charge in [0.1, 0.15) is 16.4 Å². The van der Waals surface area contributed by atoms with E-state index in [0.29, 0.717) is 13.2 Å². The van der Waals surface area contributed by atoms with Crippen LogP contribution in [0.25, 0.3) is 0 Å². The van der Waals surface area contributed by atoms with E-state index in [0.717, 1.165) is 52.8 Å². The highest BCUT2D eigenvalue weighted by molar-refractivity contribution is 7.11. The lowest BCUT2D eigenvalue weighted by atomic mass is 10.0. The minimum atomic E-state index is 0.0798. The molecular weight excluding hydrogens is 388 g/mol. The van der Waals surface area contributed by atoms with Gasteiger partial charge in [0.15, 0.2) is 0 Å². The predicted molar refractivity (Wildman–Crippen MR) is 111 cm³/mol. The Kier molecular flexibility index (Phi) is 5.80. The summed E-state index contributed by atoms with van der Waals surface area (Å²) >= 11 is 1.41. The van der Waals surface area contributed by atoms with Gasteiger partial charge in [-0.2, -0.15) is 5.10 Å². The highest BCUT2D eigenvalue weighted by atomic mass is 32.1. The lowest BCUT2D eigenvalue weighted by Gasteiger charge is -2.15. The summed E-state index contributed by atoms with van der Waals surface area (Å²) in [6.07, 6.45) is 1.67. The summed E-state index contributed by atoms with van der Waals surface area (Å²) in [5, 5.41) is 7.58. The Balaban J connectivity index is 1.29. The molecule has 1 aliphatic rings. The Labute approximate surface area is 173 Å². The Hall–Kier alpha value is -2.87. The molecule has 4 rings (SSSR count). The number of nitrogens with one attached hydrogen (secondary N) is 1. The quantitative estimate of drug-likeness (QED) is 0.643. The van der Waals surface area contributed by atoms with Gasteiger partial charge in [-0.15, -0.1) is 11.3 Å². The topological polar surface area (TPSA) is 80.3 Å². The van der Waals surface area contributed by atoms with Crippen LogP contribution in [0.3, 0.4) is 0 Å². The lowest BCUT2D eigenvalue weighted by Crippen LogP contribution is -2.28. The number of amides is 1. The average Bonchev–Trinajstić information content (AvgIpc) is 3.48. The third-order valence-corrected chi connectivity index (χ3v) is 6.10. The Morgan fingerprint density at radius 1 is 1.31 bits per heavy atom. The molecule has 3 aromatic rings. The molecule has 1 aromatic carbocycles. The van der Waals surface area contributed by atoms with Crippen LogP contribution in [0.5, 0.6) is 11.5 Å². The number of likely N-dealkylation sites (tertiary alicyclic amines) is 1. The number of nitrogens with zero attached hydrogens (tertiary/aromatic N) is 3. The van der Waals surface area contributed by atoms with Gasteiger partial charge in [-0.05, 0) is 43.7 Å². The normalized spacial score (nSPS) is 16.2. The number of hydrogen-bond donors (Lipinski definition) is 1. The van der Waals surface area contributed by atoms with Crippen molar-refractivity contribution in [3.63, 3.8) is 0 Å². The SMILES string of the molecule is COc1ccc(OCCc2cc([C@@H]3CCN(C(=O)c4scnc4C)C3)n[nH]2)cc1. The van der Waals surface area contributed by atoms with Crippen LogP contribution >= 0.6 is 11.3 Å². The predicted octanol–water partition coefficient (Wildman–Crippen LogP) is 3.43. The van der Waals surface area contributed by atoms with Crippen LogP contribution < -0.4 is 9.47 Å². The molecule has 0 bridgehead atoms. The molecule has 1 fully saturated rings. The van der Waals surface area contributed by atoms with Crippen molar-refractivity contribution in [1.29, 1.82) is 0 Å². The van der Waals surface area contributed by atoms with Crippen LogP contribution in [0.2, 0.25) is 0 Å². The number of aromatic nitrogens is 3. The summed E-state index contributed by atoms with van der Waals surface area (Å²) < 4.78 is 10.9. The van der Waals surface area contributed by atoms with Gasteiger partial charge in [0.05, 0.1) is 30.6 Å². The fourth-order valence-electron chi connectivity index (χ4n) is 3.50. The molecular formula is C21H24N4O3S. The summed E-state index contributed by atoms with van der Waals surface area (Å²) in [5.74, 6) is 1.97. The van der Waals surface area contributed by atoms with Crippen LogP contribution in [-0.4, -0.2) is 52.8 Å². The van der Waals surface area contributed by atoms with Gasteiger partial charge in [0.2, 0.25) is 0 Å². The third-order valence-electron chi connectivity index (χ3n) is 5.18. The van der Waals surface area contributed by atoms with E-state index < -0.39 is 0 Å². The second-order valence-corrected chi connectivity index (χ2v) is 7.95. The number of aryl methyl sites for hydroxylation is 1. The standard InChI is InChI=1S/C21H24N4O3S/c1-14-20(29-13-22-14)21(26)25-9-7-15(12-25)19-11-16(23-24-19)8-10-28-18-5-3-17(27-2)4-6-18/h3-6,11,13,15H,7-10,12H2,1-2H3,(H,23,24)/t15-/m1/s1. The van der Waals surface area contributed by atoms with Crippen molar-refractivity contribution in [2.24, 2.45) is 0 Å². The van der Waals surface area contributed by atoms with E-state index in [-0.39, 0.29) is 11.8 Å². The van der Waals surface area contributed by atoms with Crippen LogP contribution in [0, 0.1) is 6.92 Å². The lowest BCUT2D eigenvalue weighted by molar-refractivity contribution is 0.0794. The molecule has 0 spiro atoms. The van der Waals surface area contributed by atoms with Crippen LogP contribution in [-0.2, 0) is 6.42 Å². The van der Waals surface area contributed by atoms with E-state index >= 15 is 0 Å². The summed E-state index contributed by atoms with van der Waals surface area (Å²) in [6.45, 7) is 3.89. The van der Waals surface area contributed by atoms with Crippen molar-refractivity contribution < 1.29 is 14.3 Å². The van der Waals surface area contributed by atoms with Crippen molar-refractivity contribution in [3.8, 4) is 11.5 Å². The number of carbonyl (C=O) groups excluding carboxylic acids is 1. The summed E-state index contributed by atoms with van der Waals surface area (Å²) in [4.78, 5) is 19.5. The molecule has 2 aromatic heterocycles. The van der Waals surface area contributed by atoms with Crippen molar-refractivity contribution in [1.82, 2.24) is 20.1 Å².